The number of amides is 1. The maximum atomic E-state index is 13.1. The van der Waals surface area contributed by atoms with E-state index < -0.39 is 0 Å². The Bertz CT molecular complexity index is 1240. The molecule has 0 unspecified atom stereocenters. The van der Waals surface area contributed by atoms with E-state index in [2.05, 4.69) is 23.3 Å². The fourth-order valence-corrected chi connectivity index (χ4v) is 4.73. The van der Waals surface area contributed by atoms with Crippen molar-refractivity contribution in [2.24, 2.45) is 0 Å². The zero-order valence-electron chi connectivity index (χ0n) is 17.2. The molecule has 3 aromatic carbocycles. The van der Waals surface area contributed by atoms with Gasteiger partial charge in [0, 0.05) is 22.8 Å². The fraction of sp³-hybridized carbons (Fsp3) is 0.160. The SMILES string of the molecule is C[C@H]1Cc2ccccc2N1C(=O)CSc1nc(Nc2ccccc2)c2ccccc2n1. The third-order valence-corrected chi connectivity index (χ3v) is 6.25. The van der Waals surface area contributed by atoms with Crippen LogP contribution in [0.5, 0.6) is 0 Å². The zero-order valence-corrected chi connectivity index (χ0v) is 18.0. The summed E-state index contributed by atoms with van der Waals surface area (Å²) in [6, 6.07) is 26.2. The van der Waals surface area contributed by atoms with Gasteiger partial charge in [0.15, 0.2) is 5.16 Å². The first kappa shape index (κ1) is 19.6. The minimum Gasteiger partial charge on any atom is -0.340 e. The lowest BCUT2D eigenvalue weighted by atomic mass is 10.1. The standard InChI is InChI=1S/C25H22N4OS/c1-17-15-18-9-5-8-14-22(18)29(17)23(30)16-31-25-27-21-13-7-6-12-20(21)24(28-25)26-19-10-3-2-4-11-19/h2-14,17H,15-16H2,1H3,(H,26,27,28)/t17-/m0/s1. The van der Waals surface area contributed by atoms with E-state index in [1.165, 1.54) is 17.3 Å². The second-order valence-corrected chi connectivity index (χ2v) is 8.54. The molecule has 0 saturated carbocycles. The van der Waals surface area contributed by atoms with Gasteiger partial charge < -0.3 is 10.2 Å². The number of benzene rings is 3. The van der Waals surface area contributed by atoms with Crippen LogP contribution in [-0.2, 0) is 11.2 Å². The molecular weight excluding hydrogens is 404 g/mol. The lowest BCUT2D eigenvalue weighted by Crippen LogP contribution is -2.37. The molecule has 0 aliphatic carbocycles. The van der Waals surface area contributed by atoms with Gasteiger partial charge in [-0.15, -0.1) is 0 Å². The molecule has 1 atom stereocenters. The van der Waals surface area contributed by atoms with Crippen LogP contribution in [0.3, 0.4) is 0 Å². The molecule has 5 rings (SSSR count). The fourth-order valence-electron chi connectivity index (χ4n) is 4.01. The Hall–Kier alpha value is -3.38. The van der Waals surface area contributed by atoms with Gasteiger partial charge in [-0.25, -0.2) is 9.97 Å². The lowest BCUT2D eigenvalue weighted by Gasteiger charge is -2.22. The van der Waals surface area contributed by atoms with E-state index in [0.717, 1.165) is 34.5 Å². The second kappa shape index (κ2) is 8.40. The van der Waals surface area contributed by atoms with Crippen molar-refractivity contribution < 1.29 is 4.79 Å². The van der Waals surface area contributed by atoms with Crippen LogP contribution in [0.15, 0.2) is 84.0 Å². The van der Waals surface area contributed by atoms with E-state index >= 15 is 0 Å². The van der Waals surface area contributed by atoms with Crippen LogP contribution in [0.1, 0.15) is 12.5 Å². The molecule has 1 N–H and O–H groups in total. The maximum absolute atomic E-state index is 13.1. The number of nitrogens with zero attached hydrogens (tertiary/aromatic N) is 3. The molecule has 5 nitrogen and oxygen atoms in total. The van der Waals surface area contributed by atoms with E-state index in [0.29, 0.717) is 10.9 Å². The summed E-state index contributed by atoms with van der Waals surface area (Å²) in [6.45, 7) is 2.09. The molecule has 1 amide bonds. The van der Waals surface area contributed by atoms with Crippen LogP contribution in [-0.4, -0.2) is 27.7 Å². The van der Waals surface area contributed by atoms with Crippen molar-refractivity contribution >= 4 is 45.8 Å². The number of fused-ring (bicyclic) bond motifs is 2. The number of carbonyl (C=O) groups excluding carboxylic acids is 1. The number of thioether (sulfide) groups is 1. The lowest BCUT2D eigenvalue weighted by molar-refractivity contribution is -0.116. The Morgan fingerprint density at radius 1 is 1.00 bits per heavy atom. The summed E-state index contributed by atoms with van der Waals surface area (Å²) in [7, 11) is 0. The number of carbonyl (C=O) groups is 1. The highest BCUT2D eigenvalue weighted by atomic mass is 32.2. The number of para-hydroxylation sites is 3. The average Bonchev–Trinajstić information content (AvgIpc) is 3.14. The van der Waals surface area contributed by atoms with Crippen LogP contribution in [0.2, 0.25) is 0 Å². The summed E-state index contributed by atoms with van der Waals surface area (Å²) in [5.74, 6) is 1.12. The van der Waals surface area contributed by atoms with Crippen LogP contribution in [0.4, 0.5) is 17.2 Å². The number of hydrogen-bond donors (Lipinski definition) is 1. The first-order chi connectivity index (χ1) is 15.2. The van der Waals surface area contributed by atoms with Crippen molar-refractivity contribution in [3.8, 4) is 0 Å². The van der Waals surface area contributed by atoms with Gasteiger partial charge in [0.25, 0.3) is 0 Å². The van der Waals surface area contributed by atoms with Crippen molar-refractivity contribution in [2.45, 2.75) is 24.5 Å². The zero-order chi connectivity index (χ0) is 21.2. The van der Waals surface area contributed by atoms with Gasteiger partial charge >= 0.3 is 0 Å². The Balaban J connectivity index is 1.39. The van der Waals surface area contributed by atoms with Gasteiger partial charge in [0.05, 0.1) is 11.3 Å². The van der Waals surface area contributed by atoms with Gasteiger partial charge in [0.1, 0.15) is 5.82 Å². The summed E-state index contributed by atoms with van der Waals surface area (Å²) in [4.78, 5) is 24.4. The molecule has 0 bridgehead atoms. The van der Waals surface area contributed by atoms with E-state index in [1.54, 1.807) is 0 Å². The smallest absolute Gasteiger partial charge is 0.237 e. The summed E-state index contributed by atoms with van der Waals surface area (Å²) in [5, 5.41) is 4.93. The molecule has 1 aliphatic heterocycles. The predicted octanol–water partition coefficient (Wildman–Crippen LogP) is 5.44. The highest BCUT2D eigenvalue weighted by Crippen LogP contribution is 2.33. The molecule has 154 valence electrons. The molecule has 0 spiro atoms. The number of nitrogens with one attached hydrogen (secondary N) is 1. The van der Waals surface area contributed by atoms with Crippen LogP contribution < -0.4 is 10.2 Å². The monoisotopic (exact) mass is 426 g/mol. The number of rotatable bonds is 5. The first-order valence-electron chi connectivity index (χ1n) is 10.3. The van der Waals surface area contributed by atoms with Gasteiger partial charge in [0.2, 0.25) is 5.91 Å². The van der Waals surface area contributed by atoms with E-state index in [1.807, 2.05) is 77.7 Å². The molecule has 31 heavy (non-hydrogen) atoms. The topological polar surface area (TPSA) is 58.1 Å². The molecule has 1 aromatic heterocycles. The molecule has 1 aliphatic rings. The van der Waals surface area contributed by atoms with Crippen molar-refractivity contribution in [1.29, 1.82) is 0 Å². The van der Waals surface area contributed by atoms with Gasteiger partial charge in [-0.1, -0.05) is 60.3 Å². The normalized spacial score (nSPS) is 15.1. The van der Waals surface area contributed by atoms with Gasteiger partial charge in [-0.2, -0.15) is 0 Å². The number of aromatic nitrogens is 2. The van der Waals surface area contributed by atoms with Gasteiger partial charge in [-0.3, -0.25) is 4.79 Å². The molecular formula is C25H22N4OS. The van der Waals surface area contributed by atoms with Crippen LogP contribution in [0.25, 0.3) is 10.9 Å². The summed E-state index contributed by atoms with van der Waals surface area (Å²) in [5.41, 5.74) is 4.06. The Labute approximate surface area is 185 Å². The summed E-state index contributed by atoms with van der Waals surface area (Å²) in [6.07, 6.45) is 0.893. The third-order valence-electron chi connectivity index (χ3n) is 5.42. The van der Waals surface area contributed by atoms with E-state index in [-0.39, 0.29) is 11.9 Å². The Morgan fingerprint density at radius 3 is 2.61 bits per heavy atom. The minimum absolute atomic E-state index is 0.0803. The number of hydrogen-bond acceptors (Lipinski definition) is 5. The Morgan fingerprint density at radius 2 is 1.74 bits per heavy atom. The quantitative estimate of drug-likeness (QED) is 0.340. The van der Waals surface area contributed by atoms with E-state index in [4.69, 9.17) is 4.98 Å². The van der Waals surface area contributed by atoms with Crippen molar-refractivity contribution in [2.75, 3.05) is 16.0 Å². The van der Waals surface area contributed by atoms with Crippen LogP contribution >= 0.6 is 11.8 Å². The third kappa shape index (κ3) is 3.99. The first-order valence-corrected chi connectivity index (χ1v) is 11.3. The van der Waals surface area contributed by atoms with E-state index in [9.17, 15) is 4.79 Å². The molecule has 2 heterocycles. The second-order valence-electron chi connectivity index (χ2n) is 7.60. The largest absolute Gasteiger partial charge is 0.340 e. The highest BCUT2D eigenvalue weighted by molar-refractivity contribution is 7.99. The summed E-state index contributed by atoms with van der Waals surface area (Å²) >= 11 is 1.38. The van der Waals surface area contributed by atoms with Crippen LogP contribution in [0, 0.1) is 0 Å². The maximum Gasteiger partial charge on any atom is 0.237 e. The van der Waals surface area contributed by atoms with Crippen molar-refractivity contribution in [3.05, 3.63) is 84.4 Å². The molecule has 0 fully saturated rings. The number of anilines is 3. The molecule has 0 saturated heterocycles. The van der Waals surface area contributed by atoms with Crippen molar-refractivity contribution in [3.63, 3.8) is 0 Å². The summed E-state index contributed by atoms with van der Waals surface area (Å²) < 4.78 is 0. The predicted molar refractivity (Wildman–Crippen MR) is 127 cm³/mol. The average molecular weight is 427 g/mol. The molecule has 0 radical (unpaired) electrons. The van der Waals surface area contributed by atoms with Gasteiger partial charge in [-0.05, 0) is 49.2 Å². The molecule has 6 heteroatoms. The minimum atomic E-state index is 0.0803. The Kier molecular flexibility index (Phi) is 5.30. The molecule has 4 aromatic rings. The highest BCUT2D eigenvalue weighted by Gasteiger charge is 2.30. The van der Waals surface area contributed by atoms with Crippen molar-refractivity contribution in [1.82, 2.24) is 9.97 Å².